The van der Waals surface area contributed by atoms with Crippen molar-refractivity contribution in [2.45, 2.75) is 12.2 Å². The fourth-order valence-corrected chi connectivity index (χ4v) is 1.68. The molecule has 2 N–H and O–H groups in total. The average Bonchev–Trinajstić information content (AvgIpc) is 2.73. The van der Waals surface area contributed by atoms with E-state index in [2.05, 4.69) is 15.0 Å². The second kappa shape index (κ2) is 5.42. The average molecular weight is 228 g/mol. The van der Waals surface area contributed by atoms with Gasteiger partial charge in [-0.3, -0.25) is 4.79 Å². The number of hydrogen-bond donors (Lipinski definition) is 2. The molecular formula is C7H8N4O3S. The predicted octanol–water partition coefficient (Wildman–Crippen LogP) is 0.660. The van der Waals surface area contributed by atoms with Crippen molar-refractivity contribution in [3.63, 3.8) is 0 Å². The van der Waals surface area contributed by atoms with E-state index in [0.29, 0.717) is 6.29 Å². The molecule has 7 nitrogen and oxygen atoms in total. The molecule has 1 aromatic heterocycles. The molecule has 0 aliphatic carbocycles. The summed E-state index contributed by atoms with van der Waals surface area (Å²) in [5.74, 6) is 0. The van der Waals surface area contributed by atoms with Crippen molar-refractivity contribution in [2.24, 2.45) is 5.11 Å². The van der Waals surface area contributed by atoms with Gasteiger partial charge in [-0.25, -0.2) is 4.98 Å². The molecule has 0 radical (unpaired) electrons. The highest BCUT2D eigenvalue weighted by Crippen LogP contribution is 2.20. The standard InChI is InChI=1S/C7H8N4O3S/c8-11-9-1-5(13)6(14)7-10-4(2-12)3-15-7/h2-3,5-6,13-14H,1H2. The number of rotatable bonds is 5. The second-order valence-corrected chi connectivity index (χ2v) is 3.54. The van der Waals surface area contributed by atoms with Crippen molar-refractivity contribution < 1.29 is 15.0 Å². The van der Waals surface area contributed by atoms with E-state index in [0.717, 1.165) is 11.3 Å². The third kappa shape index (κ3) is 3.00. The Kier molecular flexibility index (Phi) is 4.19. The smallest absolute Gasteiger partial charge is 0.169 e. The summed E-state index contributed by atoms with van der Waals surface area (Å²) in [5, 5.41) is 23.7. The predicted molar refractivity (Wildman–Crippen MR) is 52.5 cm³/mol. The van der Waals surface area contributed by atoms with Gasteiger partial charge in [0, 0.05) is 10.3 Å². The summed E-state index contributed by atoms with van der Waals surface area (Å²) < 4.78 is 0. The van der Waals surface area contributed by atoms with Gasteiger partial charge in [0.15, 0.2) is 6.29 Å². The first-order valence-electron chi connectivity index (χ1n) is 3.96. The van der Waals surface area contributed by atoms with Crippen LogP contribution in [0.15, 0.2) is 10.5 Å². The van der Waals surface area contributed by atoms with Crippen molar-refractivity contribution in [1.82, 2.24) is 4.98 Å². The Morgan fingerprint density at radius 3 is 3.00 bits per heavy atom. The number of thiazole rings is 1. The van der Waals surface area contributed by atoms with Crippen LogP contribution in [0.4, 0.5) is 0 Å². The van der Waals surface area contributed by atoms with Crippen LogP contribution in [0.2, 0.25) is 0 Å². The zero-order chi connectivity index (χ0) is 11.3. The first kappa shape index (κ1) is 11.6. The van der Waals surface area contributed by atoms with E-state index in [4.69, 9.17) is 5.53 Å². The summed E-state index contributed by atoms with van der Waals surface area (Å²) in [6.45, 7) is -0.242. The van der Waals surface area contributed by atoms with Gasteiger partial charge in [0.05, 0.1) is 12.6 Å². The monoisotopic (exact) mass is 228 g/mol. The van der Waals surface area contributed by atoms with Gasteiger partial charge in [0.2, 0.25) is 0 Å². The Balaban J connectivity index is 2.70. The van der Waals surface area contributed by atoms with E-state index < -0.39 is 12.2 Å². The largest absolute Gasteiger partial charge is 0.390 e. The summed E-state index contributed by atoms with van der Waals surface area (Å²) in [4.78, 5) is 16.5. The number of carbonyl (C=O) groups excluding carboxylic acids is 1. The molecule has 0 bridgehead atoms. The lowest BCUT2D eigenvalue weighted by Crippen LogP contribution is -2.21. The number of azide groups is 1. The lowest BCUT2D eigenvalue weighted by molar-refractivity contribution is 0.0242. The minimum absolute atomic E-state index is 0.199. The molecule has 1 heterocycles. The molecule has 0 aliphatic rings. The topological polar surface area (TPSA) is 119 Å². The number of nitrogens with zero attached hydrogens (tertiary/aromatic N) is 4. The summed E-state index contributed by atoms with van der Waals surface area (Å²) in [6.07, 6.45) is -1.91. The minimum Gasteiger partial charge on any atom is -0.390 e. The van der Waals surface area contributed by atoms with E-state index in [-0.39, 0.29) is 17.2 Å². The zero-order valence-corrected chi connectivity index (χ0v) is 8.33. The molecule has 8 heteroatoms. The molecule has 0 fully saturated rings. The highest BCUT2D eigenvalue weighted by molar-refractivity contribution is 7.09. The summed E-state index contributed by atoms with van der Waals surface area (Å²) in [7, 11) is 0. The lowest BCUT2D eigenvalue weighted by atomic mass is 10.2. The second-order valence-electron chi connectivity index (χ2n) is 2.65. The number of aldehydes is 1. The van der Waals surface area contributed by atoms with Gasteiger partial charge < -0.3 is 10.2 Å². The number of aromatic nitrogens is 1. The van der Waals surface area contributed by atoms with Crippen LogP contribution in [0, 0.1) is 0 Å². The van der Waals surface area contributed by atoms with Gasteiger partial charge in [-0.2, -0.15) is 0 Å². The maximum absolute atomic E-state index is 10.3. The van der Waals surface area contributed by atoms with Crippen LogP contribution in [0.3, 0.4) is 0 Å². The lowest BCUT2D eigenvalue weighted by Gasteiger charge is -2.12. The Hall–Kier alpha value is -1.47. The highest BCUT2D eigenvalue weighted by atomic mass is 32.1. The zero-order valence-electron chi connectivity index (χ0n) is 7.52. The van der Waals surface area contributed by atoms with E-state index in [1.54, 1.807) is 0 Å². The Morgan fingerprint density at radius 2 is 2.47 bits per heavy atom. The first-order chi connectivity index (χ1) is 7.19. The van der Waals surface area contributed by atoms with Crippen LogP contribution in [-0.2, 0) is 0 Å². The molecular weight excluding hydrogens is 220 g/mol. The van der Waals surface area contributed by atoms with Gasteiger partial charge >= 0.3 is 0 Å². The number of carbonyl (C=O) groups is 1. The quantitative estimate of drug-likeness (QED) is 0.333. The van der Waals surface area contributed by atoms with Crippen LogP contribution >= 0.6 is 11.3 Å². The molecule has 0 aliphatic heterocycles. The fraction of sp³-hybridized carbons (Fsp3) is 0.429. The van der Waals surface area contributed by atoms with Crippen molar-refractivity contribution in [1.29, 1.82) is 0 Å². The van der Waals surface area contributed by atoms with Gasteiger partial charge in [-0.15, -0.1) is 11.3 Å². The van der Waals surface area contributed by atoms with E-state index in [9.17, 15) is 15.0 Å². The van der Waals surface area contributed by atoms with Crippen molar-refractivity contribution in [2.75, 3.05) is 6.54 Å². The van der Waals surface area contributed by atoms with Crippen molar-refractivity contribution in [3.8, 4) is 0 Å². The van der Waals surface area contributed by atoms with Crippen LogP contribution in [0.5, 0.6) is 0 Å². The number of aliphatic hydroxyl groups is 2. The summed E-state index contributed by atoms with van der Waals surface area (Å²) in [5.41, 5.74) is 8.22. The molecule has 0 saturated carbocycles. The molecule has 80 valence electrons. The molecule has 2 atom stereocenters. The van der Waals surface area contributed by atoms with Crippen molar-refractivity contribution >= 4 is 17.6 Å². The molecule has 1 rings (SSSR count). The van der Waals surface area contributed by atoms with E-state index in [1.807, 2.05) is 0 Å². The summed E-state index contributed by atoms with van der Waals surface area (Å²) in [6, 6.07) is 0. The number of aliphatic hydroxyl groups excluding tert-OH is 2. The Morgan fingerprint density at radius 1 is 1.73 bits per heavy atom. The van der Waals surface area contributed by atoms with E-state index in [1.165, 1.54) is 5.38 Å². The van der Waals surface area contributed by atoms with Gasteiger partial charge in [-0.05, 0) is 5.53 Å². The molecule has 1 aromatic rings. The molecule has 0 spiro atoms. The van der Waals surface area contributed by atoms with Crippen LogP contribution in [-0.4, -0.2) is 34.1 Å². The number of hydrogen-bond acceptors (Lipinski definition) is 6. The van der Waals surface area contributed by atoms with Crippen LogP contribution in [0.25, 0.3) is 10.4 Å². The minimum atomic E-state index is -1.24. The normalized spacial score (nSPS) is 14.0. The van der Waals surface area contributed by atoms with Gasteiger partial charge in [0.25, 0.3) is 0 Å². The van der Waals surface area contributed by atoms with Gasteiger partial charge in [0.1, 0.15) is 16.8 Å². The van der Waals surface area contributed by atoms with Gasteiger partial charge in [-0.1, -0.05) is 5.11 Å². The Bertz CT molecular complexity index is 387. The van der Waals surface area contributed by atoms with Crippen LogP contribution < -0.4 is 0 Å². The third-order valence-corrected chi connectivity index (χ3v) is 2.54. The molecule has 15 heavy (non-hydrogen) atoms. The van der Waals surface area contributed by atoms with Crippen LogP contribution in [0.1, 0.15) is 21.6 Å². The third-order valence-electron chi connectivity index (χ3n) is 1.61. The van der Waals surface area contributed by atoms with E-state index >= 15 is 0 Å². The first-order valence-corrected chi connectivity index (χ1v) is 4.84. The molecule has 2 unspecified atom stereocenters. The fourth-order valence-electron chi connectivity index (χ4n) is 0.875. The maximum Gasteiger partial charge on any atom is 0.169 e. The Labute approximate surface area is 88.6 Å². The summed E-state index contributed by atoms with van der Waals surface area (Å²) >= 11 is 1.06. The SMILES string of the molecule is [N-]=[N+]=NCC(O)C(O)c1nc(C=O)cs1. The molecule has 0 aromatic carbocycles. The highest BCUT2D eigenvalue weighted by Gasteiger charge is 2.20. The molecule has 0 saturated heterocycles. The maximum atomic E-state index is 10.3. The molecule has 0 amide bonds. The van der Waals surface area contributed by atoms with Crippen molar-refractivity contribution in [3.05, 3.63) is 26.5 Å².